The van der Waals surface area contributed by atoms with E-state index < -0.39 is 5.97 Å². The van der Waals surface area contributed by atoms with Gasteiger partial charge in [-0.2, -0.15) is 0 Å². The van der Waals surface area contributed by atoms with E-state index in [-0.39, 0.29) is 17.7 Å². The second-order valence-corrected chi connectivity index (χ2v) is 4.28. The summed E-state index contributed by atoms with van der Waals surface area (Å²) in [6.07, 6.45) is 1.22. The lowest BCUT2D eigenvalue weighted by Gasteiger charge is -2.41. The summed E-state index contributed by atoms with van der Waals surface area (Å²) in [6, 6.07) is 0. The number of carbonyl (C=O) groups is 2. The SMILES string of the molecule is COCCCC(=O)N1CC(C(C)C(=O)O)C1. The van der Waals surface area contributed by atoms with Crippen LogP contribution in [0.15, 0.2) is 0 Å². The number of hydrogen-bond acceptors (Lipinski definition) is 3. The third-order valence-electron chi connectivity index (χ3n) is 3.10. The molecule has 1 fully saturated rings. The fourth-order valence-corrected chi connectivity index (χ4v) is 1.76. The van der Waals surface area contributed by atoms with E-state index in [1.165, 1.54) is 0 Å². The summed E-state index contributed by atoms with van der Waals surface area (Å²) in [4.78, 5) is 24.0. The molecule has 16 heavy (non-hydrogen) atoms. The summed E-state index contributed by atoms with van der Waals surface area (Å²) < 4.78 is 4.87. The third-order valence-corrected chi connectivity index (χ3v) is 3.10. The molecule has 0 radical (unpaired) electrons. The van der Waals surface area contributed by atoms with Crippen LogP contribution in [0, 0.1) is 11.8 Å². The van der Waals surface area contributed by atoms with Gasteiger partial charge in [-0.3, -0.25) is 9.59 Å². The maximum Gasteiger partial charge on any atom is 0.306 e. The minimum absolute atomic E-state index is 0.103. The van der Waals surface area contributed by atoms with E-state index in [0.29, 0.717) is 26.1 Å². The van der Waals surface area contributed by atoms with Gasteiger partial charge in [-0.1, -0.05) is 6.92 Å². The summed E-state index contributed by atoms with van der Waals surface area (Å²) in [5, 5.41) is 8.80. The molecule has 5 nitrogen and oxygen atoms in total. The average molecular weight is 229 g/mol. The van der Waals surface area contributed by atoms with Crippen molar-refractivity contribution in [1.82, 2.24) is 4.90 Å². The van der Waals surface area contributed by atoms with Crippen molar-refractivity contribution in [2.24, 2.45) is 11.8 Å². The minimum atomic E-state index is -0.781. The first-order chi connectivity index (χ1) is 7.56. The second-order valence-electron chi connectivity index (χ2n) is 4.28. The predicted molar refractivity (Wildman–Crippen MR) is 58.0 cm³/mol. The van der Waals surface area contributed by atoms with Crippen LogP contribution in [0.25, 0.3) is 0 Å². The Morgan fingerprint density at radius 2 is 2.12 bits per heavy atom. The monoisotopic (exact) mass is 229 g/mol. The maximum absolute atomic E-state index is 11.6. The van der Waals surface area contributed by atoms with E-state index in [4.69, 9.17) is 9.84 Å². The number of aliphatic carboxylic acids is 1. The fraction of sp³-hybridized carbons (Fsp3) is 0.818. The van der Waals surface area contributed by atoms with E-state index in [0.717, 1.165) is 6.42 Å². The Labute approximate surface area is 95.4 Å². The van der Waals surface area contributed by atoms with Crippen molar-refractivity contribution < 1.29 is 19.4 Å². The van der Waals surface area contributed by atoms with Crippen molar-refractivity contribution in [3.8, 4) is 0 Å². The highest BCUT2D eigenvalue weighted by molar-refractivity contribution is 5.77. The average Bonchev–Trinajstić information content (AvgIpc) is 2.15. The van der Waals surface area contributed by atoms with Gasteiger partial charge >= 0.3 is 5.97 Å². The number of carbonyl (C=O) groups excluding carboxylic acids is 1. The molecule has 0 aromatic carbocycles. The Kier molecular flexibility index (Phi) is 4.73. The molecule has 1 amide bonds. The molecule has 0 bridgehead atoms. The molecule has 1 N–H and O–H groups in total. The van der Waals surface area contributed by atoms with Gasteiger partial charge in [0.2, 0.25) is 5.91 Å². The summed E-state index contributed by atoms with van der Waals surface area (Å²) >= 11 is 0. The molecule has 0 aliphatic carbocycles. The molecule has 0 saturated carbocycles. The first-order valence-corrected chi connectivity index (χ1v) is 5.55. The summed E-state index contributed by atoms with van der Waals surface area (Å²) in [5.41, 5.74) is 0. The summed E-state index contributed by atoms with van der Waals surface area (Å²) in [7, 11) is 1.61. The number of likely N-dealkylation sites (tertiary alicyclic amines) is 1. The molecular weight excluding hydrogens is 210 g/mol. The molecule has 0 aromatic rings. The molecule has 1 atom stereocenters. The normalized spacial score (nSPS) is 18.0. The zero-order valence-corrected chi connectivity index (χ0v) is 9.81. The number of methoxy groups -OCH3 is 1. The highest BCUT2D eigenvalue weighted by Gasteiger charge is 2.36. The number of carboxylic acids is 1. The van der Waals surface area contributed by atoms with Gasteiger partial charge < -0.3 is 14.7 Å². The van der Waals surface area contributed by atoms with Crippen LogP contribution < -0.4 is 0 Å². The first kappa shape index (κ1) is 13.0. The van der Waals surface area contributed by atoms with E-state index in [9.17, 15) is 9.59 Å². The van der Waals surface area contributed by atoms with Crippen LogP contribution in [-0.4, -0.2) is 48.7 Å². The highest BCUT2D eigenvalue weighted by Crippen LogP contribution is 2.24. The van der Waals surface area contributed by atoms with Crippen molar-refractivity contribution in [2.45, 2.75) is 19.8 Å². The van der Waals surface area contributed by atoms with Crippen LogP contribution in [0.3, 0.4) is 0 Å². The number of hydrogen-bond donors (Lipinski definition) is 1. The van der Waals surface area contributed by atoms with Crippen molar-refractivity contribution >= 4 is 11.9 Å². The number of rotatable bonds is 6. The van der Waals surface area contributed by atoms with Crippen molar-refractivity contribution in [3.05, 3.63) is 0 Å². The largest absolute Gasteiger partial charge is 0.481 e. The van der Waals surface area contributed by atoms with Crippen LogP contribution in [-0.2, 0) is 14.3 Å². The molecule has 1 aliphatic rings. The van der Waals surface area contributed by atoms with Gasteiger partial charge in [0.1, 0.15) is 0 Å². The van der Waals surface area contributed by atoms with Crippen molar-refractivity contribution in [1.29, 1.82) is 0 Å². The third kappa shape index (κ3) is 3.20. The number of ether oxygens (including phenoxy) is 1. The van der Waals surface area contributed by atoms with E-state index in [1.54, 1.807) is 18.9 Å². The van der Waals surface area contributed by atoms with Crippen molar-refractivity contribution in [2.75, 3.05) is 26.8 Å². The van der Waals surface area contributed by atoms with Gasteiger partial charge in [-0.15, -0.1) is 0 Å². The van der Waals surface area contributed by atoms with Gasteiger partial charge in [-0.05, 0) is 6.42 Å². The molecule has 0 spiro atoms. The second kappa shape index (κ2) is 5.84. The number of amides is 1. The quantitative estimate of drug-likeness (QED) is 0.677. The van der Waals surface area contributed by atoms with E-state index >= 15 is 0 Å². The van der Waals surface area contributed by atoms with Crippen LogP contribution in [0.4, 0.5) is 0 Å². The van der Waals surface area contributed by atoms with Crippen LogP contribution in [0.2, 0.25) is 0 Å². The van der Waals surface area contributed by atoms with Gasteiger partial charge in [0.05, 0.1) is 5.92 Å². The molecule has 5 heteroatoms. The summed E-state index contributed by atoms with van der Waals surface area (Å²) in [5.74, 6) is -0.922. The lowest BCUT2D eigenvalue weighted by Crippen LogP contribution is -2.53. The zero-order valence-electron chi connectivity index (χ0n) is 9.81. The first-order valence-electron chi connectivity index (χ1n) is 5.55. The zero-order chi connectivity index (χ0) is 12.1. The maximum atomic E-state index is 11.6. The molecule has 1 unspecified atom stereocenters. The van der Waals surface area contributed by atoms with Crippen molar-refractivity contribution in [3.63, 3.8) is 0 Å². The Bertz CT molecular complexity index is 261. The van der Waals surface area contributed by atoms with Crippen LogP contribution >= 0.6 is 0 Å². The molecule has 1 rings (SSSR count). The van der Waals surface area contributed by atoms with Gasteiger partial charge in [0, 0.05) is 39.1 Å². The molecule has 1 saturated heterocycles. The van der Waals surface area contributed by atoms with Crippen LogP contribution in [0.1, 0.15) is 19.8 Å². The van der Waals surface area contributed by atoms with Gasteiger partial charge in [-0.25, -0.2) is 0 Å². The minimum Gasteiger partial charge on any atom is -0.481 e. The molecule has 92 valence electrons. The number of nitrogens with zero attached hydrogens (tertiary/aromatic N) is 1. The Morgan fingerprint density at radius 1 is 1.50 bits per heavy atom. The fourth-order valence-electron chi connectivity index (χ4n) is 1.76. The smallest absolute Gasteiger partial charge is 0.306 e. The summed E-state index contributed by atoms with van der Waals surface area (Å²) in [6.45, 7) is 3.45. The lowest BCUT2D eigenvalue weighted by molar-refractivity contribution is -0.150. The Hall–Kier alpha value is -1.10. The highest BCUT2D eigenvalue weighted by atomic mass is 16.5. The van der Waals surface area contributed by atoms with Crippen LogP contribution in [0.5, 0.6) is 0 Å². The Balaban J connectivity index is 2.20. The molecule has 0 aromatic heterocycles. The van der Waals surface area contributed by atoms with Gasteiger partial charge in [0.25, 0.3) is 0 Å². The lowest BCUT2D eigenvalue weighted by atomic mass is 9.87. The molecular formula is C11H19NO4. The predicted octanol–water partition coefficient (Wildman–Crippen LogP) is 0.592. The standard InChI is InChI=1S/C11H19NO4/c1-8(11(14)15)9-6-12(7-9)10(13)4-3-5-16-2/h8-9H,3-7H2,1-2H3,(H,14,15). The topological polar surface area (TPSA) is 66.8 Å². The number of carboxylic acid groups (broad SMARTS) is 1. The molecule has 1 aliphatic heterocycles. The Morgan fingerprint density at radius 3 is 2.62 bits per heavy atom. The van der Waals surface area contributed by atoms with Gasteiger partial charge in [0.15, 0.2) is 0 Å². The van der Waals surface area contributed by atoms with E-state index in [2.05, 4.69) is 0 Å². The molecule has 1 heterocycles. The van der Waals surface area contributed by atoms with E-state index in [1.807, 2.05) is 0 Å².